The van der Waals surface area contributed by atoms with Crippen molar-refractivity contribution >= 4 is 6.09 Å². The van der Waals surface area contributed by atoms with E-state index in [9.17, 15) is 4.79 Å². The second-order valence-electron chi connectivity index (χ2n) is 4.49. The maximum absolute atomic E-state index is 11.9. The van der Waals surface area contributed by atoms with E-state index in [1.54, 1.807) is 0 Å². The fourth-order valence-corrected chi connectivity index (χ4v) is 2.13. The van der Waals surface area contributed by atoms with E-state index in [4.69, 9.17) is 15.0 Å². The summed E-state index contributed by atoms with van der Waals surface area (Å²) >= 11 is 0. The first-order chi connectivity index (χ1) is 9.74. The van der Waals surface area contributed by atoms with Crippen LogP contribution in [0, 0.1) is 0 Å². The number of nitrogens with zero attached hydrogens (tertiary/aromatic N) is 4. The van der Waals surface area contributed by atoms with Crippen molar-refractivity contribution < 1.29 is 14.3 Å². The molecule has 1 heterocycles. The molecule has 1 amide bonds. The predicted octanol–water partition coefficient (Wildman–Crippen LogP) is 2.33. The molecule has 0 radical (unpaired) electrons. The Morgan fingerprint density at radius 2 is 2.20 bits per heavy atom. The molecule has 1 aromatic rings. The molecular formula is C13H16N4O3. The summed E-state index contributed by atoms with van der Waals surface area (Å²) in [4.78, 5) is 16.2. The average Bonchev–Trinajstić information content (AvgIpc) is 2.89. The van der Waals surface area contributed by atoms with Gasteiger partial charge >= 0.3 is 6.09 Å². The van der Waals surface area contributed by atoms with Gasteiger partial charge in [-0.05, 0) is 11.1 Å². The van der Waals surface area contributed by atoms with E-state index >= 15 is 0 Å². The second kappa shape index (κ2) is 6.79. The highest BCUT2D eigenvalue weighted by atomic mass is 16.6. The van der Waals surface area contributed by atoms with E-state index in [2.05, 4.69) is 10.0 Å². The second-order valence-corrected chi connectivity index (χ2v) is 4.49. The number of methoxy groups -OCH3 is 1. The van der Waals surface area contributed by atoms with E-state index < -0.39 is 6.09 Å². The molecule has 0 saturated carbocycles. The maximum atomic E-state index is 11.9. The minimum absolute atomic E-state index is 0.222. The number of carbonyl (C=O) groups is 1. The number of ether oxygens (including phenoxy) is 2. The van der Waals surface area contributed by atoms with E-state index in [1.807, 2.05) is 30.3 Å². The smallest absolute Gasteiger partial charge is 0.410 e. The molecule has 1 aliphatic rings. The fourth-order valence-electron chi connectivity index (χ4n) is 2.13. The largest absolute Gasteiger partial charge is 0.445 e. The highest BCUT2D eigenvalue weighted by molar-refractivity contribution is 5.68. The quantitative estimate of drug-likeness (QED) is 0.480. The van der Waals surface area contributed by atoms with Gasteiger partial charge in [0.05, 0.1) is 18.7 Å². The Balaban J connectivity index is 1.89. The summed E-state index contributed by atoms with van der Waals surface area (Å²) in [5.74, 6) is 0. The lowest BCUT2D eigenvalue weighted by Crippen LogP contribution is -2.30. The summed E-state index contributed by atoms with van der Waals surface area (Å²) in [6.07, 6.45) is -0.707. The number of amides is 1. The van der Waals surface area contributed by atoms with Gasteiger partial charge in [-0.1, -0.05) is 35.4 Å². The van der Waals surface area contributed by atoms with Gasteiger partial charge in [0.15, 0.2) is 0 Å². The Bertz CT molecular complexity index is 502. The molecule has 1 aliphatic heterocycles. The van der Waals surface area contributed by atoms with E-state index in [0.717, 1.165) is 5.56 Å². The van der Waals surface area contributed by atoms with Crippen LogP contribution in [0.1, 0.15) is 5.56 Å². The van der Waals surface area contributed by atoms with Crippen molar-refractivity contribution in [2.45, 2.75) is 18.8 Å². The summed E-state index contributed by atoms with van der Waals surface area (Å²) in [7, 11) is 1.53. The van der Waals surface area contributed by atoms with Gasteiger partial charge in [0, 0.05) is 18.6 Å². The SMILES string of the molecule is CO[C@@H]1CN(C(=O)OCc2ccccc2)C[C@H]1N=[N+]=[N-]. The summed E-state index contributed by atoms with van der Waals surface area (Å²) in [5.41, 5.74) is 9.41. The molecule has 0 aliphatic carbocycles. The molecule has 7 heteroatoms. The normalized spacial score (nSPS) is 21.4. The Morgan fingerprint density at radius 3 is 2.85 bits per heavy atom. The van der Waals surface area contributed by atoms with Gasteiger partial charge < -0.3 is 14.4 Å². The van der Waals surface area contributed by atoms with Gasteiger partial charge in [-0.25, -0.2) is 4.79 Å². The molecular weight excluding hydrogens is 260 g/mol. The van der Waals surface area contributed by atoms with Crippen molar-refractivity contribution in [1.82, 2.24) is 4.90 Å². The Morgan fingerprint density at radius 1 is 1.45 bits per heavy atom. The number of rotatable bonds is 4. The molecule has 2 atom stereocenters. The van der Waals surface area contributed by atoms with Crippen LogP contribution in [-0.4, -0.2) is 43.3 Å². The van der Waals surface area contributed by atoms with Crippen LogP contribution in [-0.2, 0) is 16.1 Å². The molecule has 1 aromatic carbocycles. The fraction of sp³-hybridized carbons (Fsp3) is 0.462. The summed E-state index contributed by atoms with van der Waals surface area (Å²) in [6, 6.07) is 9.08. The van der Waals surface area contributed by atoms with Gasteiger partial charge in [-0.15, -0.1) is 0 Å². The van der Waals surface area contributed by atoms with Crippen LogP contribution < -0.4 is 0 Å². The minimum Gasteiger partial charge on any atom is -0.445 e. The number of benzene rings is 1. The minimum atomic E-state index is -0.424. The zero-order valence-corrected chi connectivity index (χ0v) is 11.2. The third kappa shape index (κ3) is 3.40. The lowest BCUT2D eigenvalue weighted by atomic mass is 10.2. The van der Waals surface area contributed by atoms with Gasteiger partial charge in [0.25, 0.3) is 0 Å². The van der Waals surface area contributed by atoms with Crippen molar-refractivity contribution in [2.24, 2.45) is 5.11 Å². The molecule has 1 saturated heterocycles. The summed E-state index contributed by atoms with van der Waals surface area (Å²) in [6.45, 7) is 0.907. The number of carbonyl (C=O) groups excluding carboxylic acids is 1. The predicted molar refractivity (Wildman–Crippen MR) is 71.9 cm³/mol. The number of hydrogen-bond acceptors (Lipinski definition) is 4. The van der Waals surface area contributed by atoms with E-state index in [0.29, 0.717) is 13.1 Å². The van der Waals surface area contributed by atoms with Gasteiger partial charge in [0.2, 0.25) is 0 Å². The average molecular weight is 276 g/mol. The Hall–Kier alpha value is -2.24. The Kier molecular flexibility index (Phi) is 4.81. The lowest BCUT2D eigenvalue weighted by molar-refractivity contribution is 0.0821. The van der Waals surface area contributed by atoms with E-state index in [-0.39, 0.29) is 18.8 Å². The molecule has 0 N–H and O–H groups in total. The zero-order chi connectivity index (χ0) is 14.4. The molecule has 0 spiro atoms. The Labute approximate surface area is 116 Å². The van der Waals surface area contributed by atoms with Crippen LogP contribution >= 0.6 is 0 Å². The van der Waals surface area contributed by atoms with Crippen LogP contribution in [0.15, 0.2) is 35.4 Å². The standard InChI is InChI=1S/C13H16N4O3/c1-19-12-8-17(7-11(12)15-16-14)13(18)20-9-10-5-3-2-4-6-10/h2-6,11-12H,7-9H2,1H3/t11-,12-/m1/s1. The van der Waals surface area contributed by atoms with Crippen LogP contribution in [0.4, 0.5) is 4.79 Å². The molecule has 0 bridgehead atoms. The third-order valence-electron chi connectivity index (χ3n) is 3.20. The van der Waals surface area contributed by atoms with Crippen molar-refractivity contribution in [3.05, 3.63) is 46.3 Å². The highest BCUT2D eigenvalue weighted by Crippen LogP contribution is 2.17. The maximum Gasteiger partial charge on any atom is 0.410 e. The highest BCUT2D eigenvalue weighted by Gasteiger charge is 2.35. The summed E-state index contributed by atoms with van der Waals surface area (Å²) in [5, 5.41) is 3.63. The summed E-state index contributed by atoms with van der Waals surface area (Å²) < 4.78 is 10.4. The number of azide groups is 1. The van der Waals surface area contributed by atoms with Gasteiger partial charge in [-0.3, -0.25) is 0 Å². The van der Waals surface area contributed by atoms with Crippen molar-refractivity contribution in [1.29, 1.82) is 0 Å². The molecule has 106 valence electrons. The monoisotopic (exact) mass is 276 g/mol. The van der Waals surface area contributed by atoms with Crippen LogP contribution in [0.25, 0.3) is 10.4 Å². The van der Waals surface area contributed by atoms with Crippen molar-refractivity contribution in [3.63, 3.8) is 0 Å². The first-order valence-corrected chi connectivity index (χ1v) is 6.27. The molecule has 20 heavy (non-hydrogen) atoms. The van der Waals surface area contributed by atoms with Crippen LogP contribution in [0.2, 0.25) is 0 Å². The molecule has 0 aromatic heterocycles. The zero-order valence-electron chi connectivity index (χ0n) is 11.2. The lowest BCUT2D eigenvalue weighted by Gasteiger charge is -2.15. The first-order valence-electron chi connectivity index (χ1n) is 6.27. The molecule has 0 unspecified atom stereocenters. The topological polar surface area (TPSA) is 87.5 Å². The van der Waals surface area contributed by atoms with Crippen LogP contribution in [0.5, 0.6) is 0 Å². The van der Waals surface area contributed by atoms with Crippen molar-refractivity contribution in [2.75, 3.05) is 20.2 Å². The molecule has 1 fully saturated rings. The molecule has 2 rings (SSSR count). The van der Waals surface area contributed by atoms with Gasteiger partial charge in [0.1, 0.15) is 6.61 Å². The van der Waals surface area contributed by atoms with Crippen LogP contribution in [0.3, 0.4) is 0 Å². The number of hydrogen-bond donors (Lipinski definition) is 0. The van der Waals surface area contributed by atoms with Crippen molar-refractivity contribution in [3.8, 4) is 0 Å². The third-order valence-corrected chi connectivity index (χ3v) is 3.20. The van der Waals surface area contributed by atoms with Gasteiger partial charge in [-0.2, -0.15) is 0 Å². The first kappa shape index (κ1) is 14.2. The van der Waals surface area contributed by atoms with E-state index in [1.165, 1.54) is 12.0 Å². The number of likely N-dealkylation sites (tertiary alicyclic amines) is 1. The molecule has 7 nitrogen and oxygen atoms in total.